The van der Waals surface area contributed by atoms with Crippen molar-refractivity contribution in [3.8, 4) is 0 Å². The van der Waals surface area contributed by atoms with Crippen molar-refractivity contribution in [3.63, 3.8) is 0 Å². The van der Waals surface area contributed by atoms with Gasteiger partial charge in [0.1, 0.15) is 0 Å². The fourth-order valence-electron chi connectivity index (χ4n) is 3.39. The number of ether oxygens (including phenoxy) is 1. The molecule has 1 aliphatic heterocycles. The summed E-state index contributed by atoms with van der Waals surface area (Å²) >= 11 is 0. The number of hydrogen-bond donors (Lipinski definition) is 1. The molecule has 24 heavy (non-hydrogen) atoms. The molecular weight excluding hydrogens is 300 g/mol. The monoisotopic (exact) mass is 328 g/mol. The number of nitrogens with one attached hydrogen (secondary N) is 1. The average molecular weight is 328 g/mol. The zero-order valence-electron chi connectivity index (χ0n) is 15.0. The number of fused-ring (bicyclic) bond motifs is 1. The normalized spacial score (nSPS) is 18.8. The predicted octanol–water partition coefficient (Wildman–Crippen LogP) is 2.84. The highest BCUT2D eigenvalue weighted by atomic mass is 16.5. The van der Waals surface area contributed by atoms with E-state index in [9.17, 15) is 0 Å². The Bertz CT molecular complexity index is 688. The first-order valence-electron chi connectivity index (χ1n) is 8.89. The molecule has 1 aliphatic rings. The lowest BCUT2D eigenvalue weighted by Crippen LogP contribution is -2.33. The molecule has 1 N–H and O–H groups in total. The van der Waals surface area contributed by atoms with E-state index in [0.717, 1.165) is 55.2 Å². The first-order chi connectivity index (χ1) is 11.7. The van der Waals surface area contributed by atoms with E-state index >= 15 is 0 Å². The molecule has 0 saturated carbocycles. The third-order valence-corrected chi connectivity index (χ3v) is 4.78. The maximum Gasteiger partial charge on any atom is 0.226 e. The summed E-state index contributed by atoms with van der Waals surface area (Å²) in [5, 5.41) is 4.74. The molecule has 5 heteroatoms. The summed E-state index contributed by atoms with van der Waals surface area (Å²) in [6.45, 7) is 7.91. The standard InChI is InChI=1S/C19H28N4O/c1-14-6-7-17-15(2)21-19(22-18(17)13-14)23-10-4-5-16(8-11-23)20-9-12-24-3/h6-7,13,16,20H,4-5,8-12H2,1-3H3/t16-/m1/s1. The highest BCUT2D eigenvalue weighted by Crippen LogP contribution is 2.22. The molecule has 0 unspecified atom stereocenters. The Kier molecular flexibility index (Phi) is 5.63. The van der Waals surface area contributed by atoms with Crippen LogP contribution in [0.25, 0.3) is 10.9 Å². The number of nitrogens with zero attached hydrogens (tertiary/aromatic N) is 3. The van der Waals surface area contributed by atoms with Gasteiger partial charge in [0.05, 0.1) is 17.8 Å². The highest BCUT2D eigenvalue weighted by Gasteiger charge is 2.19. The van der Waals surface area contributed by atoms with Crippen LogP contribution in [0.3, 0.4) is 0 Å². The average Bonchev–Trinajstić information content (AvgIpc) is 2.80. The number of methoxy groups -OCH3 is 1. The number of benzene rings is 1. The quantitative estimate of drug-likeness (QED) is 0.855. The van der Waals surface area contributed by atoms with E-state index in [1.165, 1.54) is 18.4 Å². The lowest BCUT2D eigenvalue weighted by Gasteiger charge is -2.21. The van der Waals surface area contributed by atoms with Gasteiger partial charge in [0.15, 0.2) is 0 Å². The Morgan fingerprint density at radius 1 is 1.21 bits per heavy atom. The van der Waals surface area contributed by atoms with Gasteiger partial charge in [0, 0.05) is 38.2 Å². The van der Waals surface area contributed by atoms with Gasteiger partial charge in [0.2, 0.25) is 5.95 Å². The van der Waals surface area contributed by atoms with Crippen LogP contribution in [0.5, 0.6) is 0 Å². The maximum absolute atomic E-state index is 5.13. The molecule has 130 valence electrons. The minimum Gasteiger partial charge on any atom is -0.383 e. The number of rotatable bonds is 5. The van der Waals surface area contributed by atoms with E-state index in [2.05, 4.69) is 42.3 Å². The van der Waals surface area contributed by atoms with Crippen molar-refractivity contribution in [2.45, 2.75) is 39.2 Å². The Hall–Kier alpha value is -1.72. The minimum atomic E-state index is 0.564. The second-order valence-corrected chi connectivity index (χ2v) is 6.69. The molecule has 1 aromatic heterocycles. The van der Waals surface area contributed by atoms with Crippen molar-refractivity contribution in [2.75, 3.05) is 38.3 Å². The van der Waals surface area contributed by atoms with Crippen molar-refractivity contribution in [2.24, 2.45) is 0 Å². The van der Waals surface area contributed by atoms with Crippen molar-refractivity contribution in [1.82, 2.24) is 15.3 Å². The molecular formula is C19H28N4O. The summed E-state index contributed by atoms with van der Waals surface area (Å²) < 4.78 is 5.13. The first-order valence-corrected chi connectivity index (χ1v) is 8.89. The summed E-state index contributed by atoms with van der Waals surface area (Å²) in [4.78, 5) is 11.9. The smallest absolute Gasteiger partial charge is 0.226 e. The van der Waals surface area contributed by atoms with Crippen molar-refractivity contribution >= 4 is 16.9 Å². The Morgan fingerprint density at radius 2 is 2.08 bits per heavy atom. The number of aromatic nitrogens is 2. The van der Waals surface area contributed by atoms with E-state index in [4.69, 9.17) is 14.7 Å². The Labute approximate surface area is 144 Å². The molecule has 0 spiro atoms. The van der Waals surface area contributed by atoms with Crippen LogP contribution in [-0.2, 0) is 4.74 Å². The largest absolute Gasteiger partial charge is 0.383 e. The second kappa shape index (κ2) is 7.90. The zero-order chi connectivity index (χ0) is 16.9. The SMILES string of the molecule is COCCN[C@@H]1CCCN(c2nc(C)c3ccc(C)cc3n2)CC1. The molecule has 2 heterocycles. The molecule has 5 nitrogen and oxygen atoms in total. The molecule has 0 amide bonds. The third-order valence-electron chi connectivity index (χ3n) is 4.78. The van der Waals surface area contributed by atoms with Gasteiger partial charge in [-0.25, -0.2) is 9.97 Å². The summed E-state index contributed by atoms with van der Waals surface area (Å²) in [6, 6.07) is 6.97. The number of aryl methyl sites for hydroxylation is 2. The van der Waals surface area contributed by atoms with Gasteiger partial charge in [-0.05, 0) is 44.7 Å². The van der Waals surface area contributed by atoms with Crippen molar-refractivity contribution < 1.29 is 4.74 Å². The zero-order valence-corrected chi connectivity index (χ0v) is 15.0. The van der Waals surface area contributed by atoms with Crippen LogP contribution in [-0.4, -0.2) is 49.4 Å². The predicted molar refractivity (Wildman–Crippen MR) is 98.7 cm³/mol. The van der Waals surface area contributed by atoms with Gasteiger partial charge < -0.3 is 15.0 Å². The highest BCUT2D eigenvalue weighted by molar-refractivity contribution is 5.82. The third kappa shape index (κ3) is 4.02. The van der Waals surface area contributed by atoms with E-state index in [1.54, 1.807) is 7.11 Å². The molecule has 0 aliphatic carbocycles. The Morgan fingerprint density at radius 3 is 2.92 bits per heavy atom. The lowest BCUT2D eigenvalue weighted by atomic mass is 10.1. The van der Waals surface area contributed by atoms with Crippen LogP contribution in [0.1, 0.15) is 30.5 Å². The molecule has 2 aromatic rings. The molecule has 3 rings (SSSR count). The van der Waals surface area contributed by atoms with Crippen LogP contribution in [0.4, 0.5) is 5.95 Å². The topological polar surface area (TPSA) is 50.3 Å². The van der Waals surface area contributed by atoms with E-state index in [1.807, 2.05) is 0 Å². The molecule has 1 aromatic carbocycles. The first kappa shape index (κ1) is 17.1. The molecule has 0 radical (unpaired) electrons. The van der Waals surface area contributed by atoms with E-state index in [-0.39, 0.29) is 0 Å². The fraction of sp³-hybridized carbons (Fsp3) is 0.579. The van der Waals surface area contributed by atoms with Crippen molar-refractivity contribution in [1.29, 1.82) is 0 Å². The van der Waals surface area contributed by atoms with Gasteiger partial charge in [-0.2, -0.15) is 0 Å². The van der Waals surface area contributed by atoms with Crippen LogP contribution < -0.4 is 10.2 Å². The van der Waals surface area contributed by atoms with Gasteiger partial charge in [-0.3, -0.25) is 0 Å². The Balaban J connectivity index is 1.73. The van der Waals surface area contributed by atoms with Gasteiger partial charge in [-0.1, -0.05) is 12.1 Å². The number of anilines is 1. The second-order valence-electron chi connectivity index (χ2n) is 6.69. The van der Waals surface area contributed by atoms with E-state index in [0.29, 0.717) is 6.04 Å². The van der Waals surface area contributed by atoms with Crippen LogP contribution in [0.2, 0.25) is 0 Å². The van der Waals surface area contributed by atoms with Crippen LogP contribution in [0.15, 0.2) is 18.2 Å². The summed E-state index contributed by atoms with van der Waals surface area (Å²) in [5.41, 5.74) is 3.36. The molecule has 1 fully saturated rings. The van der Waals surface area contributed by atoms with Gasteiger partial charge in [-0.15, -0.1) is 0 Å². The van der Waals surface area contributed by atoms with Gasteiger partial charge in [0.25, 0.3) is 0 Å². The summed E-state index contributed by atoms with van der Waals surface area (Å²) in [6.07, 6.45) is 3.49. The number of hydrogen-bond acceptors (Lipinski definition) is 5. The summed E-state index contributed by atoms with van der Waals surface area (Å²) in [7, 11) is 1.75. The van der Waals surface area contributed by atoms with E-state index < -0.39 is 0 Å². The lowest BCUT2D eigenvalue weighted by molar-refractivity contribution is 0.194. The maximum atomic E-state index is 5.13. The molecule has 1 atom stereocenters. The fourth-order valence-corrected chi connectivity index (χ4v) is 3.39. The minimum absolute atomic E-state index is 0.564. The molecule has 0 bridgehead atoms. The molecule has 1 saturated heterocycles. The van der Waals surface area contributed by atoms with Crippen LogP contribution in [0, 0.1) is 13.8 Å². The van der Waals surface area contributed by atoms with Crippen LogP contribution >= 0.6 is 0 Å². The summed E-state index contributed by atoms with van der Waals surface area (Å²) in [5.74, 6) is 0.878. The van der Waals surface area contributed by atoms with Crippen molar-refractivity contribution in [3.05, 3.63) is 29.5 Å². The van der Waals surface area contributed by atoms with Gasteiger partial charge >= 0.3 is 0 Å².